The maximum absolute atomic E-state index is 13.9. The fourth-order valence-electron chi connectivity index (χ4n) is 5.37. The normalized spacial score (nSPS) is 17.1. The molecule has 12 heteroatoms. The monoisotopic (exact) mass is 637 g/mol. The number of nitriles is 1. The number of para-hydroxylation sites is 1. The molecule has 0 unspecified atom stereocenters. The molecular weight excluding hydrogens is 609 g/mol. The predicted octanol–water partition coefficient (Wildman–Crippen LogP) is 4.49. The zero-order valence-corrected chi connectivity index (χ0v) is 25.6. The lowest BCUT2D eigenvalue weighted by Gasteiger charge is -2.27. The minimum Gasteiger partial charge on any atom is -0.379 e. The zero-order valence-electron chi connectivity index (χ0n) is 24.8. The topological polar surface area (TPSA) is 126 Å². The molecule has 3 aromatic carbocycles. The van der Waals surface area contributed by atoms with Gasteiger partial charge in [0.05, 0.1) is 30.3 Å². The molecule has 0 spiro atoms. The number of halogens is 1. The molecule has 46 heavy (non-hydrogen) atoms. The molecule has 0 atom stereocenters. The van der Waals surface area contributed by atoms with E-state index in [1.807, 2.05) is 36.4 Å². The molecule has 2 amide bonds. The zero-order chi connectivity index (χ0) is 32.4. The van der Waals surface area contributed by atoms with Crippen molar-refractivity contribution in [2.24, 2.45) is 0 Å². The summed E-state index contributed by atoms with van der Waals surface area (Å²) in [5, 5.41) is 14.7. The van der Waals surface area contributed by atoms with Gasteiger partial charge in [0, 0.05) is 36.0 Å². The van der Waals surface area contributed by atoms with Crippen molar-refractivity contribution in [1.29, 1.82) is 5.26 Å². The minimum absolute atomic E-state index is 0.0902. The third kappa shape index (κ3) is 5.91. The van der Waals surface area contributed by atoms with Crippen LogP contribution >= 0.6 is 0 Å². The second-order valence-corrected chi connectivity index (χ2v) is 12.7. The molecular formula is C34H28FN5O5S. The maximum atomic E-state index is 13.9. The van der Waals surface area contributed by atoms with Crippen molar-refractivity contribution in [3.8, 4) is 23.0 Å². The van der Waals surface area contributed by atoms with E-state index in [1.165, 1.54) is 41.6 Å². The number of amides is 2. The van der Waals surface area contributed by atoms with E-state index in [9.17, 15) is 27.7 Å². The molecule has 0 bridgehead atoms. The maximum Gasteiger partial charge on any atom is 0.271 e. The Labute approximate surface area is 265 Å². The Morgan fingerprint density at radius 1 is 0.978 bits per heavy atom. The van der Waals surface area contributed by atoms with Gasteiger partial charge in [0.15, 0.2) is 0 Å². The summed E-state index contributed by atoms with van der Waals surface area (Å²) < 4.78 is 48.8. The van der Waals surface area contributed by atoms with Crippen molar-refractivity contribution in [1.82, 2.24) is 19.0 Å². The number of ether oxygens (including phenoxy) is 1. The van der Waals surface area contributed by atoms with Gasteiger partial charge in [-0.1, -0.05) is 42.5 Å². The summed E-state index contributed by atoms with van der Waals surface area (Å²) in [5.41, 5.74) is 2.68. The molecule has 2 aliphatic heterocycles. The number of benzene rings is 3. The van der Waals surface area contributed by atoms with Crippen LogP contribution in [0.4, 0.5) is 4.39 Å². The van der Waals surface area contributed by atoms with Gasteiger partial charge in [0.25, 0.3) is 11.8 Å². The third-order valence-corrected chi connectivity index (χ3v) is 9.75. The molecule has 0 aliphatic carbocycles. The lowest BCUT2D eigenvalue weighted by atomic mass is 9.93. The summed E-state index contributed by atoms with van der Waals surface area (Å²) in [4.78, 5) is 28.1. The smallest absolute Gasteiger partial charge is 0.271 e. The van der Waals surface area contributed by atoms with E-state index < -0.39 is 27.7 Å². The molecule has 1 fully saturated rings. The number of rotatable bonds is 7. The first-order valence-corrected chi connectivity index (χ1v) is 15.9. The second-order valence-electron chi connectivity index (χ2n) is 10.8. The largest absolute Gasteiger partial charge is 0.379 e. The van der Waals surface area contributed by atoms with Crippen LogP contribution in [-0.2, 0) is 30.9 Å². The molecule has 10 nitrogen and oxygen atoms in total. The van der Waals surface area contributed by atoms with Crippen LogP contribution < -0.4 is 0 Å². The summed E-state index contributed by atoms with van der Waals surface area (Å²) in [7, 11) is -3.81. The molecule has 0 radical (unpaired) electrons. The van der Waals surface area contributed by atoms with Crippen molar-refractivity contribution < 1.29 is 27.1 Å². The van der Waals surface area contributed by atoms with Crippen LogP contribution in [0.5, 0.6) is 0 Å². The summed E-state index contributed by atoms with van der Waals surface area (Å²) in [6.45, 7) is 2.48. The highest BCUT2D eigenvalue weighted by molar-refractivity contribution is 7.89. The molecule has 232 valence electrons. The van der Waals surface area contributed by atoms with Gasteiger partial charge in [-0.25, -0.2) is 17.5 Å². The Morgan fingerprint density at radius 3 is 2.39 bits per heavy atom. The van der Waals surface area contributed by atoms with Crippen molar-refractivity contribution in [3.05, 3.63) is 119 Å². The average molecular weight is 638 g/mol. The summed E-state index contributed by atoms with van der Waals surface area (Å²) in [6, 6.07) is 23.0. The highest BCUT2D eigenvalue weighted by Gasteiger charge is 2.36. The molecule has 0 saturated carbocycles. The first-order chi connectivity index (χ1) is 22.2. The standard InChI is InChI=1S/C34H28FN5O5S/c1-23-30(33(41)39(34(42)31(23)20-36)21-24-10-12-27(35)13-11-24)19-26-22-40(28-7-3-2-4-8-28)37-32(26)25-6-5-9-29(18-25)46(43,44)38-14-16-45-17-15-38/h2-13,18-19,22H,14-17,21H2,1H3/b30-19+. The van der Waals surface area contributed by atoms with Crippen LogP contribution in [0.15, 0.2) is 107 Å². The van der Waals surface area contributed by atoms with E-state index in [0.29, 0.717) is 35.6 Å². The van der Waals surface area contributed by atoms with E-state index in [2.05, 4.69) is 0 Å². The lowest BCUT2D eigenvalue weighted by molar-refractivity contribution is -0.141. The van der Waals surface area contributed by atoms with Crippen molar-refractivity contribution in [3.63, 3.8) is 0 Å². The number of imide groups is 1. The van der Waals surface area contributed by atoms with E-state index in [-0.39, 0.29) is 41.2 Å². The summed E-state index contributed by atoms with van der Waals surface area (Å²) in [5.74, 6) is -1.83. The van der Waals surface area contributed by atoms with Crippen LogP contribution in [0.25, 0.3) is 23.0 Å². The number of hydrogen-bond acceptors (Lipinski definition) is 7. The van der Waals surface area contributed by atoms with Gasteiger partial charge in [-0.15, -0.1) is 0 Å². The number of aromatic nitrogens is 2. The first kappa shape index (κ1) is 30.8. The molecule has 1 saturated heterocycles. The Bertz CT molecular complexity index is 2040. The fraction of sp³-hybridized carbons (Fsp3) is 0.176. The van der Waals surface area contributed by atoms with Gasteiger partial charge in [-0.05, 0) is 60.5 Å². The Hall–Kier alpha value is -5.22. The summed E-state index contributed by atoms with van der Waals surface area (Å²) in [6.07, 6.45) is 3.26. The van der Waals surface area contributed by atoms with Crippen LogP contribution in [0.3, 0.4) is 0 Å². The number of hydrogen-bond donors (Lipinski definition) is 0. The number of morpholine rings is 1. The number of sulfonamides is 1. The molecule has 0 N–H and O–H groups in total. The Balaban J connectivity index is 1.47. The second kappa shape index (κ2) is 12.6. The van der Waals surface area contributed by atoms with Crippen molar-refractivity contribution in [2.45, 2.75) is 18.4 Å². The lowest BCUT2D eigenvalue weighted by Crippen LogP contribution is -2.42. The van der Waals surface area contributed by atoms with Gasteiger partial charge >= 0.3 is 0 Å². The first-order valence-electron chi connectivity index (χ1n) is 14.4. The third-order valence-electron chi connectivity index (χ3n) is 7.86. The van der Waals surface area contributed by atoms with Crippen LogP contribution in [0.2, 0.25) is 0 Å². The van der Waals surface area contributed by atoms with E-state index in [0.717, 1.165) is 10.6 Å². The predicted molar refractivity (Wildman–Crippen MR) is 167 cm³/mol. The van der Waals surface area contributed by atoms with Crippen molar-refractivity contribution in [2.75, 3.05) is 26.3 Å². The molecule has 4 aromatic rings. The van der Waals surface area contributed by atoms with E-state index >= 15 is 0 Å². The molecule has 6 rings (SSSR count). The Kier molecular flexibility index (Phi) is 8.46. The van der Waals surface area contributed by atoms with Crippen LogP contribution in [-0.4, -0.2) is 65.5 Å². The van der Waals surface area contributed by atoms with Gasteiger partial charge in [-0.3, -0.25) is 14.5 Å². The highest BCUT2D eigenvalue weighted by atomic mass is 32.2. The van der Waals surface area contributed by atoms with Gasteiger partial charge < -0.3 is 4.74 Å². The van der Waals surface area contributed by atoms with Gasteiger partial charge in [-0.2, -0.15) is 14.7 Å². The van der Waals surface area contributed by atoms with Gasteiger partial charge in [0.1, 0.15) is 23.2 Å². The van der Waals surface area contributed by atoms with Crippen molar-refractivity contribution >= 4 is 27.9 Å². The van der Waals surface area contributed by atoms with Crippen LogP contribution in [0.1, 0.15) is 18.1 Å². The van der Waals surface area contributed by atoms with Crippen LogP contribution in [0, 0.1) is 17.1 Å². The van der Waals surface area contributed by atoms with Gasteiger partial charge in [0.2, 0.25) is 10.0 Å². The fourth-order valence-corrected chi connectivity index (χ4v) is 6.83. The molecule has 3 heterocycles. The number of carbonyl (C=O) groups excluding carboxylic acids is 2. The minimum atomic E-state index is -3.81. The SMILES string of the molecule is CC1=C(C#N)C(=O)N(Cc2ccc(F)cc2)C(=O)/C1=C/c1cn(-c2ccccc2)nc1-c1cccc(S(=O)(=O)N2CCOCC2)c1. The number of carbonyl (C=O) groups is 2. The quantitative estimate of drug-likeness (QED) is 0.216. The number of nitrogens with zero attached hydrogens (tertiary/aromatic N) is 5. The summed E-state index contributed by atoms with van der Waals surface area (Å²) >= 11 is 0. The van der Waals surface area contributed by atoms with E-state index in [1.54, 1.807) is 35.2 Å². The molecule has 1 aromatic heterocycles. The average Bonchev–Trinajstić information content (AvgIpc) is 3.51. The Morgan fingerprint density at radius 2 is 1.70 bits per heavy atom. The highest BCUT2D eigenvalue weighted by Crippen LogP contribution is 2.33. The molecule has 2 aliphatic rings. The van der Waals surface area contributed by atoms with E-state index in [4.69, 9.17) is 9.84 Å².